The van der Waals surface area contributed by atoms with Gasteiger partial charge in [-0.2, -0.15) is 30.3 Å². The molecule has 1 aromatic rings. The Morgan fingerprint density at radius 3 is 2.20 bits per heavy atom. The molecule has 1 unspecified atom stereocenters. The van der Waals surface area contributed by atoms with Gasteiger partial charge in [-0.05, 0) is 0 Å². The van der Waals surface area contributed by atoms with E-state index in [1.165, 1.54) is 5.56 Å². The average Bonchev–Trinajstić information content (AvgIpc) is 1.90. The molecule has 0 aromatic heterocycles. The summed E-state index contributed by atoms with van der Waals surface area (Å²) in [6.07, 6.45) is 0. The van der Waals surface area contributed by atoms with Crippen molar-refractivity contribution >= 4 is 15.9 Å². The second-order valence-corrected chi connectivity index (χ2v) is 3.32. The van der Waals surface area contributed by atoms with Gasteiger partial charge in [-0.1, -0.05) is 22.9 Å². The van der Waals surface area contributed by atoms with E-state index in [0.717, 1.165) is 0 Å². The molecule has 0 radical (unpaired) electrons. The van der Waals surface area contributed by atoms with Crippen molar-refractivity contribution in [1.29, 1.82) is 0 Å². The summed E-state index contributed by atoms with van der Waals surface area (Å²) in [5.41, 5.74) is 1.30. The standard InChI is InChI=1S/C8H8Br.Rf/c1-7(9)8-5-3-2-4-6-8;/h3-7H,1H3;/q-1;. The van der Waals surface area contributed by atoms with Crippen molar-refractivity contribution in [3.8, 4) is 0 Å². The first-order valence-electron chi connectivity index (χ1n) is 2.91. The Bertz CT molecular complexity index is 172. The molecular formula is C8H8BrRf-. The molecule has 2 heteroatoms. The molecule has 0 fully saturated rings. The van der Waals surface area contributed by atoms with Crippen LogP contribution in [0, 0.1) is 6.07 Å². The van der Waals surface area contributed by atoms with E-state index in [-0.39, 0.29) is 0 Å². The van der Waals surface area contributed by atoms with Crippen LogP contribution in [0.1, 0.15) is 17.3 Å². The van der Waals surface area contributed by atoms with Gasteiger partial charge in [0.2, 0.25) is 0 Å². The van der Waals surface area contributed by atoms with E-state index in [2.05, 4.69) is 41.1 Å². The van der Waals surface area contributed by atoms with Crippen LogP contribution in [-0.4, -0.2) is 0 Å². The summed E-state index contributed by atoms with van der Waals surface area (Å²) in [5.74, 6) is 0. The van der Waals surface area contributed by atoms with Crippen molar-refractivity contribution in [2.45, 2.75) is 11.8 Å². The first-order valence-corrected chi connectivity index (χ1v) is 3.82. The molecule has 1 rings (SSSR count). The van der Waals surface area contributed by atoms with E-state index in [0.29, 0.717) is 4.83 Å². The second kappa shape index (κ2) is 3.67. The summed E-state index contributed by atoms with van der Waals surface area (Å²) in [7, 11) is 0. The fourth-order valence-corrected chi connectivity index (χ4v) is 0.970. The van der Waals surface area contributed by atoms with Crippen LogP contribution in [0.4, 0.5) is 0 Å². The average molecular weight is 451 g/mol. The summed E-state index contributed by atoms with van der Waals surface area (Å²) < 4.78 is 0. The number of hydrogen-bond donors (Lipinski definition) is 0. The number of rotatable bonds is 1. The summed E-state index contributed by atoms with van der Waals surface area (Å²) >= 11 is 3.47. The molecule has 10 heavy (non-hydrogen) atoms. The topological polar surface area (TPSA) is 0 Å². The van der Waals surface area contributed by atoms with Gasteiger partial charge in [0, 0.05) is 4.83 Å². The van der Waals surface area contributed by atoms with Gasteiger partial charge in [0.05, 0.1) is 0 Å². The maximum Gasteiger partial charge on any atom is 0.0146 e. The predicted octanol–water partition coefficient (Wildman–Crippen LogP) is 2.94. The Hall–Kier alpha value is -1.30. The molecule has 0 aliphatic carbocycles. The van der Waals surface area contributed by atoms with Gasteiger partial charge in [-0.15, -0.1) is 5.56 Å². The van der Waals surface area contributed by atoms with E-state index in [1.54, 1.807) is 0 Å². The SMILES string of the molecule is CC(Br)c1cc[c-]cc1.[Rf]. The molecule has 0 nitrogen and oxygen atoms in total. The Kier molecular flexibility index (Phi) is 3.20. The fraction of sp³-hybridized carbons (Fsp3) is 0.250. The zero-order valence-electron chi connectivity index (χ0n) is 5.97. The largest absolute Gasteiger partial charge is 0.184 e. The van der Waals surface area contributed by atoms with Crippen LogP contribution in [0.15, 0.2) is 24.3 Å². The first-order chi connectivity index (χ1) is 4.30. The van der Waals surface area contributed by atoms with E-state index in [9.17, 15) is 0 Å². The van der Waals surface area contributed by atoms with Gasteiger partial charge >= 0.3 is 0 Å². The third kappa shape index (κ3) is 1.90. The zero-order valence-corrected chi connectivity index (χ0v) is 14.0. The minimum Gasteiger partial charge on any atom is -0.184 e. The minimum absolute atomic E-state index is 0. The second-order valence-electron chi connectivity index (χ2n) is 1.95. The van der Waals surface area contributed by atoms with Crippen LogP contribution < -0.4 is 0 Å². The third-order valence-corrected chi connectivity index (χ3v) is 1.73. The molecular weight excluding hydrogens is 443 g/mol. The molecule has 0 saturated heterocycles. The summed E-state index contributed by atoms with van der Waals surface area (Å²) in [6.45, 7) is 2.11. The number of benzene rings is 1. The summed E-state index contributed by atoms with van der Waals surface area (Å²) in [6, 6.07) is 10.9. The number of hydrogen-bond acceptors (Lipinski definition) is 0. The first kappa shape index (κ1) is 8.70. The maximum absolute atomic E-state index is 3.47. The van der Waals surface area contributed by atoms with Crippen LogP contribution in [0.3, 0.4) is 0 Å². The summed E-state index contributed by atoms with van der Waals surface area (Å²) in [5, 5.41) is 0. The molecule has 1 atom stereocenters. The Morgan fingerprint density at radius 2 is 1.90 bits per heavy atom. The number of halogens is 1. The van der Waals surface area contributed by atoms with Gasteiger partial charge in [-0.25, -0.2) is 0 Å². The fourth-order valence-electron chi connectivity index (χ4n) is 0.665. The van der Waals surface area contributed by atoms with E-state index in [1.807, 2.05) is 12.1 Å². The predicted molar refractivity (Wildman–Crippen MR) is 42.6 cm³/mol. The van der Waals surface area contributed by atoms with Crippen LogP contribution in [0.25, 0.3) is 0 Å². The van der Waals surface area contributed by atoms with Crippen molar-refractivity contribution in [2.75, 3.05) is 0 Å². The zero-order chi connectivity index (χ0) is 6.69. The summed E-state index contributed by atoms with van der Waals surface area (Å²) in [4.78, 5) is 0.451. The molecule has 0 aliphatic rings. The maximum atomic E-state index is 3.47. The molecule has 0 N–H and O–H groups in total. The molecule has 50 valence electrons. The molecule has 0 heterocycles. The number of alkyl halides is 1. The van der Waals surface area contributed by atoms with Crippen LogP contribution in [0.5, 0.6) is 0 Å². The Labute approximate surface area is 64.0 Å². The molecule has 0 bridgehead atoms. The van der Waals surface area contributed by atoms with Gasteiger partial charge < -0.3 is 0 Å². The van der Waals surface area contributed by atoms with Crippen LogP contribution in [-0.2, 0) is 0 Å². The van der Waals surface area contributed by atoms with Gasteiger partial charge in [0.25, 0.3) is 0 Å². The Balaban J connectivity index is 0.000000810. The van der Waals surface area contributed by atoms with Crippen molar-refractivity contribution < 1.29 is 0 Å². The molecule has 0 spiro atoms. The third-order valence-electron chi connectivity index (χ3n) is 1.20. The normalized spacial score (nSPS) is 11.8. The molecule has 0 aliphatic heterocycles. The van der Waals surface area contributed by atoms with Crippen molar-refractivity contribution in [3.05, 3.63) is 35.9 Å². The van der Waals surface area contributed by atoms with E-state index < -0.39 is 0 Å². The van der Waals surface area contributed by atoms with Gasteiger partial charge in [0.1, 0.15) is 0 Å². The Morgan fingerprint density at radius 1 is 1.40 bits per heavy atom. The molecule has 0 saturated carbocycles. The monoisotopic (exact) mass is 450 g/mol. The quantitative estimate of drug-likeness (QED) is 0.456. The molecule has 1 aromatic carbocycles. The smallest absolute Gasteiger partial charge is 0.0146 e. The van der Waals surface area contributed by atoms with Crippen molar-refractivity contribution in [2.24, 2.45) is 0 Å². The van der Waals surface area contributed by atoms with Crippen LogP contribution >= 0.6 is 15.9 Å². The van der Waals surface area contributed by atoms with Crippen LogP contribution in [0.2, 0.25) is 0 Å². The minimum atomic E-state index is 0. The van der Waals surface area contributed by atoms with Crippen molar-refractivity contribution in [3.63, 3.8) is 0 Å². The van der Waals surface area contributed by atoms with E-state index >= 15 is 0 Å². The van der Waals surface area contributed by atoms with E-state index in [4.69, 9.17) is 0 Å². The molecule has 0 amide bonds. The van der Waals surface area contributed by atoms with Crippen molar-refractivity contribution in [1.82, 2.24) is 0 Å². The van der Waals surface area contributed by atoms with Gasteiger partial charge in [-0.3, -0.25) is 0 Å². The van der Waals surface area contributed by atoms with Gasteiger partial charge in [0.15, 0.2) is 0 Å².